The van der Waals surface area contributed by atoms with E-state index in [4.69, 9.17) is 5.73 Å². The van der Waals surface area contributed by atoms with Gasteiger partial charge in [-0.2, -0.15) is 5.10 Å². The molecule has 17 heavy (non-hydrogen) atoms. The molecule has 0 atom stereocenters. The maximum atomic E-state index is 11.0. The van der Waals surface area contributed by atoms with E-state index in [1.54, 1.807) is 24.4 Å². The number of hydrogen-bond acceptors (Lipinski definition) is 2. The van der Waals surface area contributed by atoms with Gasteiger partial charge < -0.3 is 5.73 Å². The van der Waals surface area contributed by atoms with Crippen molar-refractivity contribution in [3.8, 4) is 11.3 Å². The lowest BCUT2D eigenvalue weighted by molar-refractivity contribution is 0.100. The fourth-order valence-electron chi connectivity index (χ4n) is 1.47. The van der Waals surface area contributed by atoms with Crippen LogP contribution in [-0.2, 0) is 0 Å². The monoisotopic (exact) mass is 231 g/mol. The Balaban J connectivity index is 0.000000686. The minimum atomic E-state index is -0.422. The number of nitrogens with zero attached hydrogens (tertiary/aromatic N) is 1. The van der Waals surface area contributed by atoms with Crippen LogP contribution in [0.15, 0.2) is 30.5 Å². The number of hydrogen-bond donors (Lipinski definition) is 2. The molecule has 1 aromatic heterocycles. The zero-order valence-corrected chi connectivity index (χ0v) is 10.3. The highest BCUT2D eigenvalue weighted by atomic mass is 16.1. The Kier molecular flexibility index (Phi) is 4.46. The van der Waals surface area contributed by atoms with Gasteiger partial charge in [0, 0.05) is 11.1 Å². The molecule has 0 saturated heterocycles. The maximum Gasteiger partial charge on any atom is 0.248 e. The topological polar surface area (TPSA) is 71.8 Å². The molecule has 0 unspecified atom stereocenters. The predicted octanol–water partition coefficient (Wildman–Crippen LogP) is 2.51. The lowest BCUT2D eigenvalue weighted by Gasteiger charge is -2.01. The van der Waals surface area contributed by atoms with Gasteiger partial charge in [-0.1, -0.05) is 26.0 Å². The molecule has 0 radical (unpaired) electrons. The third-order valence-electron chi connectivity index (χ3n) is 2.26. The second-order valence-corrected chi connectivity index (χ2v) is 3.37. The molecule has 2 aromatic rings. The Morgan fingerprint density at radius 1 is 1.35 bits per heavy atom. The summed E-state index contributed by atoms with van der Waals surface area (Å²) in [4.78, 5) is 11.0. The molecule has 0 spiro atoms. The first-order valence-corrected chi connectivity index (χ1v) is 5.58. The number of amides is 1. The summed E-state index contributed by atoms with van der Waals surface area (Å²) in [6.45, 7) is 5.95. The summed E-state index contributed by atoms with van der Waals surface area (Å²) in [6, 6.07) is 7.16. The number of rotatable bonds is 2. The van der Waals surface area contributed by atoms with E-state index in [0.717, 1.165) is 16.8 Å². The normalized spacial score (nSPS) is 9.35. The summed E-state index contributed by atoms with van der Waals surface area (Å²) in [5.41, 5.74) is 8.58. The molecule has 4 nitrogen and oxygen atoms in total. The molecule has 1 heterocycles. The van der Waals surface area contributed by atoms with E-state index in [1.807, 2.05) is 26.8 Å². The van der Waals surface area contributed by atoms with Crippen molar-refractivity contribution in [3.05, 3.63) is 41.6 Å². The van der Waals surface area contributed by atoms with Gasteiger partial charge >= 0.3 is 0 Å². The summed E-state index contributed by atoms with van der Waals surface area (Å²) >= 11 is 0. The number of carbonyl (C=O) groups excluding carboxylic acids is 1. The van der Waals surface area contributed by atoms with E-state index in [-0.39, 0.29) is 0 Å². The van der Waals surface area contributed by atoms with Gasteiger partial charge in [-0.05, 0) is 24.6 Å². The van der Waals surface area contributed by atoms with E-state index in [2.05, 4.69) is 10.2 Å². The second-order valence-electron chi connectivity index (χ2n) is 3.37. The van der Waals surface area contributed by atoms with Gasteiger partial charge in [-0.15, -0.1) is 0 Å². The number of H-pyrrole nitrogens is 1. The van der Waals surface area contributed by atoms with Crippen molar-refractivity contribution in [2.45, 2.75) is 20.8 Å². The van der Waals surface area contributed by atoms with E-state index in [0.29, 0.717) is 5.56 Å². The smallest absolute Gasteiger partial charge is 0.248 e. The molecule has 0 aliphatic carbocycles. The number of nitrogens with one attached hydrogen (secondary N) is 1. The molecule has 90 valence electrons. The third kappa shape index (κ3) is 2.93. The van der Waals surface area contributed by atoms with Crippen molar-refractivity contribution in [2.75, 3.05) is 0 Å². The van der Waals surface area contributed by atoms with Crippen LogP contribution < -0.4 is 5.73 Å². The Morgan fingerprint density at radius 3 is 2.59 bits per heavy atom. The van der Waals surface area contributed by atoms with Gasteiger partial charge in [-0.3, -0.25) is 9.89 Å². The van der Waals surface area contributed by atoms with E-state index in [9.17, 15) is 4.79 Å². The Morgan fingerprint density at radius 2 is 2.06 bits per heavy atom. The fourth-order valence-corrected chi connectivity index (χ4v) is 1.47. The van der Waals surface area contributed by atoms with E-state index < -0.39 is 5.91 Å². The molecule has 0 aliphatic rings. The Hall–Kier alpha value is -2.10. The van der Waals surface area contributed by atoms with Crippen molar-refractivity contribution < 1.29 is 4.79 Å². The van der Waals surface area contributed by atoms with Gasteiger partial charge in [0.1, 0.15) is 0 Å². The summed E-state index contributed by atoms with van der Waals surface area (Å²) in [7, 11) is 0. The SMILES string of the molecule is CC.Cc1cn[nH]c1-c1cccc(C(N)=O)c1. The number of aromatic nitrogens is 2. The summed E-state index contributed by atoms with van der Waals surface area (Å²) < 4.78 is 0. The van der Waals surface area contributed by atoms with Crippen LogP contribution in [0.5, 0.6) is 0 Å². The highest BCUT2D eigenvalue weighted by molar-refractivity contribution is 5.94. The van der Waals surface area contributed by atoms with Crippen LogP contribution >= 0.6 is 0 Å². The molecule has 1 amide bonds. The highest BCUT2D eigenvalue weighted by Gasteiger charge is 2.06. The number of carbonyl (C=O) groups is 1. The van der Waals surface area contributed by atoms with Gasteiger partial charge in [0.05, 0.1) is 11.9 Å². The van der Waals surface area contributed by atoms with Gasteiger partial charge in [0.25, 0.3) is 0 Å². The number of aromatic amines is 1. The molecular formula is C13H17N3O. The van der Waals surface area contributed by atoms with Crippen LogP contribution in [0.1, 0.15) is 29.8 Å². The fraction of sp³-hybridized carbons (Fsp3) is 0.231. The van der Waals surface area contributed by atoms with Gasteiger partial charge in [-0.25, -0.2) is 0 Å². The Labute approximate surface area is 101 Å². The van der Waals surface area contributed by atoms with E-state index in [1.165, 1.54) is 0 Å². The van der Waals surface area contributed by atoms with Crippen molar-refractivity contribution in [2.24, 2.45) is 5.73 Å². The highest BCUT2D eigenvalue weighted by Crippen LogP contribution is 2.20. The largest absolute Gasteiger partial charge is 0.366 e. The lowest BCUT2D eigenvalue weighted by Crippen LogP contribution is -2.10. The average molecular weight is 231 g/mol. The van der Waals surface area contributed by atoms with E-state index >= 15 is 0 Å². The van der Waals surface area contributed by atoms with Crippen LogP contribution in [0.25, 0.3) is 11.3 Å². The zero-order valence-electron chi connectivity index (χ0n) is 10.3. The Bertz CT molecular complexity index is 503. The predicted molar refractivity (Wildman–Crippen MR) is 68.6 cm³/mol. The molecule has 3 N–H and O–H groups in total. The number of nitrogens with two attached hydrogens (primary N) is 1. The third-order valence-corrected chi connectivity index (χ3v) is 2.26. The first-order valence-electron chi connectivity index (χ1n) is 5.58. The van der Waals surface area contributed by atoms with Crippen LogP contribution in [-0.4, -0.2) is 16.1 Å². The summed E-state index contributed by atoms with van der Waals surface area (Å²) in [6.07, 6.45) is 1.74. The lowest BCUT2D eigenvalue weighted by atomic mass is 10.1. The molecule has 0 aliphatic heterocycles. The average Bonchev–Trinajstić information content (AvgIpc) is 2.78. The first kappa shape index (κ1) is 13.0. The van der Waals surface area contributed by atoms with Crippen LogP contribution in [0.3, 0.4) is 0 Å². The summed E-state index contributed by atoms with van der Waals surface area (Å²) in [5.74, 6) is -0.422. The zero-order chi connectivity index (χ0) is 12.8. The molecule has 0 bridgehead atoms. The number of aryl methyl sites for hydroxylation is 1. The molecule has 0 saturated carbocycles. The van der Waals surface area contributed by atoms with Crippen molar-refractivity contribution >= 4 is 5.91 Å². The number of benzene rings is 1. The van der Waals surface area contributed by atoms with Gasteiger partial charge in [0.15, 0.2) is 0 Å². The molecule has 2 rings (SSSR count). The van der Waals surface area contributed by atoms with Crippen molar-refractivity contribution in [1.29, 1.82) is 0 Å². The van der Waals surface area contributed by atoms with Crippen LogP contribution in [0.4, 0.5) is 0 Å². The van der Waals surface area contributed by atoms with Gasteiger partial charge in [0.2, 0.25) is 5.91 Å². The second kappa shape index (κ2) is 5.84. The molecule has 0 fully saturated rings. The van der Waals surface area contributed by atoms with Crippen LogP contribution in [0, 0.1) is 6.92 Å². The van der Waals surface area contributed by atoms with Crippen LogP contribution in [0.2, 0.25) is 0 Å². The summed E-state index contributed by atoms with van der Waals surface area (Å²) in [5, 5.41) is 6.82. The molecule has 1 aromatic carbocycles. The number of primary amides is 1. The van der Waals surface area contributed by atoms with Crippen molar-refractivity contribution in [1.82, 2.24) is 10.2 Å². The minimum absolute atomic E-state index is 0.422. The minimum Gasteiger partial charge on any atom is -0.366 e. The molecule has 4 heteroatoms. The van der Waals surface area contributed by atoms with Crippen molar-refractivity contribution in [3.63, 3.8) is 0 Å². The quantitative estimate of drug-likeness (QED) is 0.833. The standard InChI is InChI=1S/C11H11N3O.C2H6/c1-7-6-13-14-10(7)8-3-2-4-9(5-8)11(12)15;1-2/h2-6H,1H3,(H2,12,15)(H,13,14);1-2H3. The maximum absolute atomic E-state index is 11.0. The molecular weight excluding hydrogens is 214 g/mol. The first-order chi connectivity index (χ1) is 8.18.